The molecule has 1 atom stereocenters. The molecule has 3 heterocycles. The van der Waals surface area contributed by atoms with Crippen molar-refractivity contribution in [3.63, 3.8) is 0 Å². The summed E-state index contributed by atoms with van der Waals surface area (Å²) in [6.45, 7) is 0.163. The Kier molecular flexibility index (Phi) is 10.7. The van der Waals surface area contributed by atoms with Crippen LogP contribution in [0, 0.1) is 0 Å². The lowest BCUT2D eigenvalue weighted by Gasteiger charge is -2.57. The van der Waals surface area contributed by atoms with Crippen molar-refractivity contribution < 1.29 is 57.1 Å². The number of fused-ring (bicyclic) bond motifs is 1. The Morgan fingerprint density at radius 1 is 0.686 bits per heavy atom. The number of methoxy groups -OCH3 is 2. The topological polar surface area (TPSA) is 149 Å². The fraction of sp³-hybridized carbons (Fsp3) is 0.297. The van der Waals surface area contributed by atoms with Gasteiger partial charge in [0, 0.05) is 50.0 Å². The average molecular weight is 701 g/mol. The highest BCUT2D eigenvalue weighted by Gasteiger charge is 2.75. The summed E-state index contributed by atoms with van der Waals surface area (Å²) in [5.74, 6) is -8.07. The van der Waals surface area contributed by atoms with Gasteiger partial charge >= 0.3 is 35.7 Å². The van der Waals surface area contributed by atoms with Gasteiger partial charge in [-0.15, -0.1) is 0 Å². The molecule has 0 amide bonds. The van der Waals surface area contributed by atoms with Gasteiger partial charge in [0.25, 0.3) is 0 Å². The number of benzene rings is 3. The number of piperazine rings is 1. The lowest BCUT2D eigenvalue weighted by atomic mass is 10.0. The smallest absolute Gasteiger partial charge is 0.420 e. The molecule has 14 nitrogen and oxygen atoms in total. The molecule has 3 aliphatic heterocycles. The van der Waals surface area contributed by atoms with E-state index in [0.29, 0.717) is 22.8 Å². The first-order chi connectivity index (χ1) is 24.8. The predicted molar refractivity (Wildman–Crippen MR) is 177 cm³/mol. The monoisotopic (exact) mass is 700 g/mol. The zero-order valence-corrected chi connectivity index (χ0v) is 27.9. The minimum absolute atomic E-state index is 0.0121. The van der Waals surface area contributed by atoms with E-state index in [9.17, 15) is 19.2 Å². The minimum atomic E-state index is -2.68. The van der Waals surface area contributed by atoms with Crippen LogP contribution in [0.2, 0.25) is 0 Å². The van der Waals surface area contributed by atoms with E-state index in [-0.39, 0.29) is 39.5 Å². The average Bonchev–Trinajstić information content (AvgIpc) is 3.40. The Morgan fingerprint density at radius 2 is 1.25 bits per heavy atom. The van der Waals surface area contributed by atoms with Gasteiger partial charge in [-0.2, -0.15) is 0 Å². The van der Waals surface area contributed by atoms with Crippen LogP contribution in [0.1, 0.15) is 17.2 Å². The second-order valence-corrected chi connectivity index (χ2v) is 11.5. The number of carbonyl (C=O) groups excluding carboxylic acids is 4. The molecule has 51 heavy (non-hydrogen) atoms. The molecular weight excluding hydrogens is 664 g/mol. The van der Waals surface area contributed by atoms with E-state index >= 15 is 0 Å². The van der Waals surface area contributed by atoms with Crippen LogP contribution in [0.4, 0.5) is 0 Å². The molecule has 0 aromatic heterocycles. The molecular formula is C37H36N2O12. The fourth-order valence-electron chi connectivity index (χ4n) is 6.11. The Bertz CT molecular complexity index is 1760. The summed E-state index contributed by atoms with van der Waals surface area (Å²) in [5.41, 5.74) is 1.59. The summed E-state index contributed by atoms with van der Waals surface area (Å²) in [6, 6.07) is 22.8. The minimum Gasteiger partial charge on any atom is -0.493 e. The van der Waals surface area contributed by atoms with Crippen LogP contribution in [-0.2, 0) is 49.5 Å². The molecule has 6 rings (SSSR count). The Morgan fingerprint density at radius 3 is 1.84 bits per heavy atom. The molecule has 1 saturated heterocycles. The molecule has 2 spiro atoms. The number of hydrogen-bond acceptors (Lipinski definition) is 14. The summed E-state index contributed by atoms with van der Waals surface area (Å²) in [7, 11) is 3.00. The van der Waals surface area contributed by atoms with Crippen LogP contribution in [-0.4, -0.2) is 92.6 Å². The molecule has 3 aliphatic rings. The number of nitrogens with zero attached hydrogens (tertiary/aromatic N) is 2. The normalized spacial score (nSPS) is 18.9. The molecule has 0 aliphatic carbocycles. The number of esters is 4. The van der Waals surface area contributed by atoms with Crippen LogP contribution >= 0.6 is 0 Å². The largest absolute Gasteiger partial charge is 0.493 e. The van der Waals surface area contributed by atoms with E-state index in [0.717, 1.165) is 29.9 Å². The SMILES string of the molecule is COc1ccc(OCCN2CCN([C@@H](COCc3ccccc3)c3ccccc3)C3(OC(=O)C=CC(=O)O3)C23OC(=O)C=CC(=O)O3)cc1OC. The van der Waals surface area contributed by atoms with Crippen molar-refractivity contribution in [2.45, 2.75) is 24.5 Å². The van der Waals surface area contributed by atoms with Gasteiger partial charge in [-0.1, -0.05) is 60.7 Å². The van der Waals surface area contributed by atoms with Crippen molar-refractivity contribution in [3.05, 3.63) is 114 Å². The third-order valence-electron chi connectivity index (χ3n) is 8.40. The summed E-state index contributed by atoms with van der Waals surface area (Å²) in [5, 5.41) is 0. The Hall–Kier alpha value is -5.70. The Labute approximate surface area is 293 Å². The van der Waals surface area contributed by atoms with Crippen molar-refractivity contribution in [3.8, 4) is 17.2 Å². The van der Waals surface area contributed by atoms with Gasteiger partial charge < -0.3 is 37.9 Å². The quantitative estimate of drug-likeness (QED) is 0.255. The zero-order valence-electron chi connectivity index (χ0n) is 27.9. The fourth-order valence-corrected chi connectivity index (χ4v) is 6.11. The highest BCUT2D eigenvalue weighted by atomic mass is 16.8. The second kappa shape index (κ2) is 15.5. The van der Waals surface area contributed by atoms with Crippen LogP contribution < -0.4 is 14.2 Å². The first-order valence-corrected chi connectivity index (χ1v) is 16.1. The van der Waals surface area contributed by atoms with E-state index in [1.807, 2.05) is 60.7 Å². The maximum absolute atomic E-state index is 13.3. The van der Waals surface area contributed by atoms with Crippen molar-refractivity contribution >= 4 is 23.9 Å². The molecule has 0 bridgehead atoms. The molecule has 1 fully saturated rings. The van der Waals surface area contributed by atoms with E-state index in [1.165, 1.54) is 24.0 Å². The van der Waals surface area contributed by atoms with Gasteiger partial charge in [0.15, 0.2) is 11.5 Å². The van der Waals surface area contributed by atoms with E-state index < -0.39 is 41.7 Å². The molecule has 3 aromatic rings. The second-order valence-electron chi connectivity index (χ2n) is 11.5. The lowest BCUT2D eigenvalue weighted by molar-refractivity contribution is -0.468. The van der Waals surface area contributed by atoms with Gasteiger partial charge in [0.2, 0.25) is 0 Å². The number of carbonyl (C=O) groups is 4. The molecule has 0 N–H and O–H groups in total. The van der Waals surface area contributed by atoms with Crippen LogP contribution in [0.5, 0.6) is 17.2 Å². The summed E-state index contributed by atoms with van der Waals surface area (Å²) < 4.78 is 46.7. The van der Waals surface area contributed by atoms with Crippen LogP contribution in [0.15, 0.2) is 103 Å². The molecule has 0 saturated carbocycles. The summed E-state index contributed by atoms with van der Waals surface area (Å²) in [4.78, 5) is 56.1. The lowest BCUT2D eigenvalue weighted by Crippen LogP contribution is -2.81. The molecule has 266 valence electrons. The van der Waals surface area contributed by atoms with Gasteiger partial charge in [-0.05, 0) is 23.3 Å². The van der Waals surface area contributed by atoms with Gasteiger partial charge in [0.05, 0.1) is 33.5 Å². The van der Waals surface area contributed by atoms with E-state index in [1.54, 1.807) is 18.2 Å². The van der Waals surface area contributed by atoms with Gasteiger partial charge in [0.1, 0.15) is 12.4 Å². The van der Waals surface area contributed by atoms with Gasteiger partial charge in [-0.3, -0.25) is 0 Å². The molecule has 0 unspecified atom stereocenters. The summed E-state index contributed by atoms with van der Waals surface area (Å²) in [6.07, 6.45) is 3.50. The Balaban J connectivity index is 1.41. The van der Waals surface area contributed by atoms with Crippen molar-refractivity contribution in [2.75, 3.05) is 47.1 Å². The third-order valence-corrected chi connectivity index (χ3v) is 8.40. The van der Waals surface area contributed by atoms with E-state index in [4.69, 9.17) is 37.9 Å². The van der Waals surface area contributed by atoms with Crippen LogP contribution in [0.3, 0.4) is 0 Å². The van der Waals surface area contributed by atoms with E-state index in [2.05, 4.69) is 0 Å². The van der Waals surface area contributed by atoms with Crippen molar-refractivity contribution in [2.24, 2.45) is 0 Å². The zero-order chi connectivity index (χ0) is 35.8. The molecule has 14 heteroatoms. The van der Waals surface area contributed by atoms with Crippen LogP contribution in [0.25, 0.3) is 0 Å². The maximum Gasteiger partial charge on any atom is 0.420 e. The first-order valence-electron chi connectivity index (χ1n) is 16.1. The van der Waals surface area contributed by atoms with Gasteiger partial charge in [-0.25, -0.2) is 29.0 Å². The first kappa shape index (κ1) is 35.1. The molecule has 0 radical (unpaired) electrons. The molecule has 3 aromatic carbocycles. The number of ether oxygens (including phenoxy) is 8. The number of rotatable bonds is 12. The highest BCUT2D eigenvalue weighted by Crippen LogP contribution is 2.47. The predicted octanol–water partition coefficient (Wildman–Crippen LogP) is 3.28. The van der Waals surface area contributed by atoms with Crippen molar-refractivity contribution in [1.29, 1.82) is 0 Å². The standard InChI is InChI=1S/C37H36N2O12/c1-44-30-14-13-28(23-31(30)45-2)47-22-21-38-19-20-39(29(27-11-7-4-8-12-27)25-46-24-26-9-5-3-6-10-26)37(50-34(42)17-18-35(43)51-37)36(38)48-32(40)15-16-33(41)49-36/h3-18,23,29H,19-22,24-25H2,1-2H3/t29-/m0/s1. The summed E-state index contributed by atoms with van der Waals surface area (Å²) >= 11 is 0. The van der Waals surface area contributed by atoms with Crippen molar-refractivity contribution in [1.82, 2.24) is 9.80 Å². The maximum atomic E-state index is 13.3. The highest BCUT2D eigenvalue weighted by molar-refractivity contribution is 5.95. The third kappa shape index (κ3) is 7.43. The number of hydrogen-bond donors (Lipinski definition) is 0.